The van der Waals surface area contributed by atoms with Crippen molar-refractivity contribution >= 4 is 11.9 Å². The molecule has 3 unspecified atom stereocenters. The van der Waals surface area contributed by atoms with Crippen molar-refractivity contribution in [2.24, 2.45) is 0 Å². The Morgan fingerprint density at radius 3 is 2.42 bits per heavy atom. The van der Waals surface area contributed by atoms with E-state index in [1.54, 1.807) is 6.92 Å². The summed E-state index contributed by atoms with van der Waals surface area (Å²) in [5.74, 6) is -0.275. The van der Waals surface area contributed by atoms with E-state index in [1.165, 1.54) is 0 Å². The first-order valence-corrected chi connectivity index (χ1v) is 7.18. The van der Waals surface area contributed by atoms with Crippen molar-refractivity contribution in [3.8, 4) is 0 Å². The summed E-state index contributed by atoms with van der Waals surface area (Å²) in [6, 6.07) is 0.747. The third-order valence-corrected chi connectivity index (χ3v) is 3.78. The third-order valence-electron chi connectivity index (χ3n) is 3.78. The zero-order valence-electron chi connectivity index (χ0n) is 12.4. The highest BCUT2D eigenvalue weighted by Crippen LogP contribution is 2.25. The van der Waals surface area contributed by atoms with Crippen molar-refractivity contribution in [2.75, 3.05) is 13.2 Å². The molecule has 0 aromatic heterocycles. The van der Waals surface area contributed by atoms with E-state index in [4.69, 9.17) is 4.74 Å². The van der Waals surface area contributed by atoms with Crippen molar-refractivity contribution < 1.29 is 14.3 Å². The molecule has 0 aliphatic carbocycles. The molecule has 0 bridgehead atoms. The van der Waals surface area contributed by atoms with Crippen LogP contribution >= 0.6 is 0 Å². The molecule has 5 nitrogen and oxygen atoms in total. The number of esters is 1. The number of likely N-dealkylation sites (tertiary alicyclic amines) is 1. The zero-order chi connectivity index (χ0) is 14.4. The maximum atomic E-state index is 12.1. The van der Waals surface area contributed by atoms with Crippen molar-refractivity contribution in [3.05, 3.63) is 0 Å². The molecule has 1 aliphatic heterocycles. The quantitative estimate of drug-likeness (QED) is 0.740. The van der Waals surface area contributed by atoms with Crippen LogP contribution in [0.2, 0.25) is 0 Å². The Hall–Kier alpha value is -1.10. The van der Waals surface area contributed by atoms with Crippen molar-refractivity contribution in [1.82, 2.24) is 10.2 Å². The average molecular weight is 270 g/mol. The van der Waals surface area contributed by atoms with E-state index in [2.05, 4.69) is 24.1 Å². The topological polar surface area (TPSA) is 58.6 Å². The molecule has 1 fully saturated rings. The number of rotatable bonds is 6. The number of ether oxygens (including phenoxy) is 1. The molecule has 1 rings (SSSR count). The van der Waals surface area contributed by atoms with Gasteiger partial charge in [0.05, 0.1) is 19.1 Å². The third kappa shape index (κ3) is 4.49. The van der Waals surface area contributed by atoms with Crippen LogP contribution in [0.4, 0.5) is 0 Å². The maximum absolute atomic E-state index is 12.1. The molecule has 0 aromatic carbocycles. The number of carbonyl (C=O) groups is 2. The minimum atomic E-state index is -0.265. The van der Waals surface area contributed by atoms with Gasteiger partial charge in [0.15, 0.2) is 0 Å². The standard InChI is InChI=1S/C14H26N2O3/c1-5-19-13(17)8-9-15-14(18)12(4)16-10(2)6-7-11(16)3/h10-12H,5-9H2,1-4H3,(H,15,18). The number of hydrogen-bond donors (Lipinski definition) is 1. The Balaban J connectivity index is 2.34. The average Bonchev–Trinajstić information content (AvgIpc) is 2.68. The molecule has 5 heteroatoms. The number of hydrogen-bond acceptors (Lipinski definition) is 4. The highest BCUT2D eigenvalue weighted by atomic mass is 16.5. The van der Waals surface area contributed by atoms with Crippen LogP contribution in [-0.2, 0) is 14.3 Å². The summed E-state index contributed by atoms with van der Waals surface area (Å²) in [7, 11) is 0. The molecular formula is C14H26N2O3. The summed E-state index contributed by atoms with van der Waals surface area (Å²) in [5.41, 5.74) is 0. The van der Waals surface area contributed by atoms with E-state index < -0.39 is 0 Å². The molecule has 1 heterocycles. The van der Waals surface area contributed by atoms with Gasteiger partial charge >= 0.3 is 5.97 Å². The minimum Gasteiger partial charge on any atom is -0.466 e. The maximum Gasteiger partial charge on any atom is 0.307 e. The molecule has 1 saturated heterocycles. The Bertz CT molecular complexity index is 310. The fourth-order valence-electron chi connectivity index (χ4n) is 2.78. The Kier molecular flexibility index (Phi) is 6.28. The van der Waals surface area contributed by atoms with Gasteiger partial charge in [0.25, 0.3) is 0 Å². The predicted octanol–water partition coefficient (Wildman–Crippen LogP) is 1.32. The van der Waals surface area contributed by atoms with Crippen LogP contribution in [0.3, 0.4) is 0 Å². The van der Waals surface area contributed by atoms with Gasteiger partial charge in [-0.05, 0) is 40.5 Å². The Labute approximate surface area is 115 Å². The van der Waals surface area contributed by atoms with Crippen molar-refractivity contribution in [1.29, 1.82) is 0 Å². The summed E-state index contributed by atoms with van der Waals surface area (Å²) in [6.07, 6.45) is 2.51. The lowest BCUT2D eigenvalue weighted by Crippen LogP contribution is -2.49. The van der Waals surface area contributed by atoms with Gasteiger partial charge in [0.1, 0.15) is 0 Å². The molecule has 0 aromatic rings. The van der Waals surface area contributed by atoms with Crippen LogP contribution in [-0.4, -0.2) is 48.1 Å². The molecule has 0 spiro atoms. The SMILES string of the molecule is CCOC(=O)CCNC(=O)C(C)N1C(C)CCC1C. The second kappa shape index (κ2) is 7.48. The highest BCUT2D eigenvalue weighted by Gasteiger charge is 2.34. The number of nitrogens with zero attached hydrogens (tertiary/aromatic N) is 1. The van der Waals surface area contributed by atoms with Gasteiger partial charge in [-0.3, -0.25) is 14.5 Å². The smallest absolute Gasteiger partial charge is 0.307 e. The normalized spacial score (nSPS) is 25.1. The van der Waals surface area contributed by atoms with Gasteiger partial charge in [-0.2, -0.15) is 0 Å². The van der Waals surface area contributed by atoms with E-state index in [0.717, 1.165) is 12.8 Å². The monoisotopic (exact) mass is 270 g/mol. The molecule has 1 aliphatic rings. The molecule has 0 radical (unpaired) electrons. The van der Waals surface area contributed by atoms with E-state index in [0.29, 0.717) is 25.2 Å². The van der Waals surface area contributed by atoms with Crippen LogP contribution in [0.5, 0.6) is 0 Å². The second-order valence-corrected chi connectivity index (χ2v) is 5.24. The van der Waals surface area contributed by atoms with E-state index in [-0.39, 0.29) is 24.3 Å². The molecule has 1 amide bonds. The van der Waals surface area contributed by atoms with Gasteiger partial charge in [-0.25, -0.2) is 0 Å². The summed E-state index contributed by atoms with van der Waals surface area (Å²) in [5, 5.41) is 2.81. The zero-order valence-corrected chi connectivity index (χ0v) is 12.4. The molecule has 110 valence electrons. The van der Waals surface area contributed by atoms with E-state index >= 15 is 0 Å². The Morgan fingerprint density at radius 1 is 1.32 bits per heavy atom. The second-order valence-electron chi connectivity index (χ2n) is 5.24. The first-order valence-electron chi connectivity index (χ1n) is 7.18. The van der Waals surface area contributed by atoms with Crippen LogP contribution < -0.4 is 5.32 Å². The largest absolute Gasteiger partial charge is 0.466 e. The minimum absolute atomic E-state index is 0.00935. The summed E-state index contributed by atoms with van der Waals surface area (Å²) in [6.45, 7) is 8.75. The summed E-state index contributed by atoms with van der Waals surface area (Å²) in [4.78, 5) is 25.5. The number of nitrogens with one attached hydrogen (secondary N) is 1. The first-order chi connectivity index (χ1) is 8.97. The fraction of sp³-hybridized carbons (Fsp3) is 0.857. The van der Waals surface area contributed by atoms with Gasteiger partial charge < -0.3 is 10.1 Å². The van der Waals surface area contributed by atoms with E-state index in [1.807, 2.05) is 6.92 Å². The van der Waals surface area contributed by atoms with Crippen LogP contribution in [0.1, 0.15) is 47.0 Å². The lowest BCUT2D eigenvalue weighted by Gasteiger charge is -2.31. The Morgan fingerprint density at radius 2 is 1.89 bits per heavy atom. The van der Waals surface area contributed by atoms with Gasteiger partial charge in [0, 0.05) is 18.6 Å². The molecule has 19 heavy (non-hydrogen) atoms. The van der Waals surface area contributed by atoms with E-state index in [9.17, 15) is 9.59 Å². The molecule has 1 N–H and O–H groups in total. The lowest BCUT2D eigenvalue weighted by atomic mass is 10.2. The van der Waals surface area contributed by atoms with Crippen molar-refractivity contribution in [2.45, 2.75) is 65.1 Å². The van der Waals surface area contributed by atoms with Gasteiger partial charge in [-0.1, -0.05) is 0 Å². The van der Waals surface area contributed by atoms with Gasteiger partial charge in [-0.15, -0.1) is 0 Å². The van der Waals surface area contributed by atoms with Crippen LogP contribution in [0, 0.1) is 0 Å². The number of amides is 1. The highest BCUT2D eigenvalue weighted by molar-refractivity contribution is 5.82. The van der Waals surface area contributed by atoms with Crippen LogP contribution in [0.15, 0.2) is 0 Å². The molecular weight excluding hydrogens is 244 g/mol. The molecule has 0 saturated carbocycles. The van der Waals surface area contributed by atoms with Crippen LogP contribution in [0.25, 0.3) is 0 Å². The first kappa shape index (κ1) is 16.0. The van der Waals surface area contributed by atoms with Gasteiger partial charge in [0.2, 0.25) is 5.91 Å². The summed E-state index contributed by atoms with van der Waals surface area (Å²) < 4.78 is 4.82. The lowest BCUT2D eigenvalue weighted by molar-refractivity contribution is -0.143. The number of carbonyl (C=O) groups excluding carboxylic acids is 2. The fourth-order valence-corrected chi connectivity index (χ4v) is 2.78. The molecule has 3 atom stereocenters. The predicted molar refractivity (Wildman–Crippen MR) is 73.7 cm³/mol. The van der Waals surface area contributed by atoms with Crippen molar-refractivity contribution in [3.63, 3.8) is 0 Å². The summed E-state index contributed by atoms with van der Waals surface area (Å²) >= 11 is 0.